The Morgan fingerprint density at radius 1 is 1.15 bits per heavy atom. The van der Waals surface area contributed by atoms with Crippen LogP contribution in [0.1, 0.15) is 16.2 Å². The third-order valence-electron chi connectivity index (χ3n) is 3.90. The van der Waals surface area contributed by atoms with Gasteiger partial charge in [-0.3, -0.25) is 9.59 Å². The minimum Gasteiger partial charge on any atom is -0.456 e. The summed E-state index contributed by atoms with van der Waals surface area (Å²) < 4.78 is 32.9. The molecule has 0 N–H and O–H groups in total. The van der Waals surface area contributed by atoms with E-state index in [9.17, 15) is 18.4 Å². The lowest BCUT2D eigenvalue weighted by Crippen LogP contribution is -2.19. The Hall–Kier alpha value is -2.74. The summed E-state index contributed by atoms with van der Waals surface area (Å²) in [4.78, 5) is 28.7. The van der Waals surface area contributed by atoms with Crippen LogP contribution in [0.25, 0.3) is 11.0 Å². The van der Waals surface area contributed by atoms with E-state index in [1.165, 1.54) is 0 Å². The quantitative estimate of drug-likeness (QED) is 0.456. The van der Waals surface area contributed by atoms with Gasteiger partial charge in [-0.05, 0) is 36.6 Å². The molecule has 0 aliphatic rings. The van der Waals surface area contributed by atoms with E-state index in [-0.39, 0.29) is 12.1 Å². The van der Waals surface area contributed by atoms with E-state index in [1.807, 2.05) is 30.5 Å². The molecule has 0 atom stereocenters. The van der Waals surface area contributed by atoms with Crippen molar-refractivity contribution in [2.45, 2.75) is 12.3 Å². The molecule has 3 aromatic rings. The number of thioether (sulfide) groups is 1. The molecule has 27 heavy (non-hydrogen) atoms. The van der Waals surface area contributed by atoms with Gasteiger partial charge in [0.05, 0.1) is 16.8 Å². The number of benzene rings is 2. The van der Waals surface area contributed by atoms with Gasteiger partial charge in [0.15, 0.2) is 24.0 Å². The molecule has 0 unspecified atom stereocenters. The molecular formula is C19H16F2N2O3S. The molecule has 8 heteroatoms. The Bertz CT molecular complexity index is 1000. The first-order chi connectivity index (χ1) is 13.0. The molecule has 0 saturated heterocycles. The van der Waals surface area contributed by atoms with Crippen molar-refractivity contribution in [3.05, 3.63) is 65.5 Å². The van der Waals surface area contributed by atoms with Crippen LogP contribution in [-0.2, 0) is 21.8 Å². The minimum atomic E-state index is -1.13. The fraction of sp³-hybridized carbons (Fsp3) is 0.211. The number of carbonyl (C=O) groups is 2. The maximum absolute atomic E-state index is 13.2. The second kappa shape index (κ2) is 8.30. The molecule has 2 aromatic carbocycles. The SMILES string of the molecule is CSCc1nc2ccccc2n1CC(=O)OCC(=O)c1ccc(F)c(F)c1. The average Bonchev–Trinajstić information content (AvgIpc) is 2.99. The minimum absolute atomic E-state index is 0.0575. The molecule has 0 aliphatic carbocycles. The fourth-order valence-electron chi connectivity index (χ4n) is 2.61. The smallest absolute Gasteiger partial charge is 0.326 e. The Morgan fingerprint density at radius 3 is 2.67 bits per heavy atom. The van der Waals surface area contributed by atoms with Crippen LogP contribution in [0.3, 0.4) is 0 Å². The first kappa shape index (κ1) is 19.0. The van der Waals surface area contributed by atoms with Crippen LogP contribution in [0.5, 0.6) is 0 Å². The van der Waals surface area contributed by atoms with Gasteiger partial charge in [0.25, 0.3) is 0 Å². The summed E-state index contributed by atoms with van der Waals surface area (Å²) in [6, 6.07) is 10.2. The number of hydrogen-bond donors (Lipinski definition) is 0. The molecule has 0 fully saturated rings. The van der Waals surface area contributed by atoms with Gasteiger partial charge >= 0.3 is 5.97 Å². The molecule has 1 heterocycles. The highest BCUT2D eigenvalue weighted by atomic mass is 32.2. The second-order valence-corrected chi connectivity index (χ2v) is 6.61. The van der Waals surface area contributed by atoms with E-state index in [0.29, 0.717) is 5.75 Å². The van der Waals surface area contributed by atoms with Gasteiger partial charge in [0, 0.05) is 5.56 Å². The zero-order chi connectivity index (χ0) is 19.4. The van der Waals surface area contributed by atoms with Gasteiger partial charge in [-0.25, -0.2) is 13.8 Å². The van der Waals surface area contributed by atoms with Crippen molar-refractivity contribution < 1.29 is 23.1 Å². The van der Waals surface area contributed by atoms with Crippen LogP contribution in [0.4, 0.5) is 8.78 Å². The Balaban J connectivity index is 1.69. The molecule has 1 aromatic heterocycles. The van der Waals surface area contributed by atoms with Crippen molar-refractivity contribution in [2.75, 3.05) is 12.9 Å². The van der Waals surface area contributed by atoms with Crippen LogP contribution in [-0.4, -0.2) is 34.2 Å². The van der Waals surface area contributed by atoms with E-state index in [4.69, 9.17) is 4.74 Å². The summed E-state index contributed by atoms with van der Waals surface area (Å²) in [5, 5.41) is 0. The number of imidazole rings is 1. The van der Waals surface area contributed by atoms with Crippen molar-refractivity contribution in [3.8, 4) is 0 Å². The van der Waals surface area contributed by atoms with Crippen molar-refractivity contribution in [3.63, 3.8) is 0 Å². The molecule has 0 amide bonds. The normalized spacial score (nSPS) is 10.9. The summed E-state index contributed by atoms with van der Waals surface area (Å²) in [7, 11) is 0. The number of ether oxygens (including phenoxy) is 1. The monoisotopic (exact) mass is 390 g/mol. The third kappa shape index (κ3) is 4.33. The number of rotatable bonds is 7. The summed E-state index contributed by atoms with van der Waals surface area (Å²) >= 11 is 1.57. The number of halogens is 2. The van der Waals surface area contributed by atoms with Crippen LogP contribution in [0.15, 0.2) is 42.5 Å². The zero-order valence-corrected chi connectivity index (χ0v) is 15.3. The van der Waals surface area contributed by atoms with Gasteiger partial charge in [0.1, 0.15) is 12.4 Å². The Morgan fingerprint density at radius 2 is 1.93 bits per heavy atom. The number of para-hydroxylation sites is 2. The molecule has 0 saturated carbocycles. The summed E-state index contributed by atoms with van der Waals surface area (Å²) in [5.74, 6) is -2.04. The molecular weight excluding hydrogens is 374 g/mol. The number of carbonyl (C=O) groups excluding carboxylic acids is 2. The van der Waals surface area contributed by atoms with E-state index in [2.05, 4.69) is 4.98 Å². The maximum atomic E-state index is 13.2. The number of esters is 1. The van der Waals surface area contributed by atoms with Crippen molar-refractivity contribution in [1.82, 2.24) is 9.55 Å². The highest BCUT2D eigenvalue weighted by Crippen LogP contribution is 2.19. The highest BCUT2D eigenvalue weighted by molar-refractivity contribution is 7.97. The predicted octanol–water partition coefficient (Wildman–Crippen LogP) is 3.60. The number of fused-ring (bicyclic) bond motifs is 1. The maximum Gasteiger partial charge on any atom is 0.326 e. The number of hydrogen-bond acceptors (Lipinski definition) is 5. The fourth-order valence-corrected chi connectivity index (χ4v) is 3.09. The van der Waals surface area contributed by atoms with Gasteiger partial charge in [-0.1, -0.05) is 12.1 Å². The lowest BCUT2D eigenvalue weighted by molar-refractivity contribution is -0.143. The Kier molecular flexibility index (Phi) is 5.85. The van der Waals surface area contributed by atoms with Crippen molar-refractivity contribution in [1.29, 1.82) is 0 Å². The molecule has 0 bridgehead atoms. The average molecular weight is 390 g/mol. The number of aromatic nitrogens is 2. The molecule has 5 nitrogen and oxygen atoms in total. The van der Waals surface area contributed by atoms with E-state index < -0.39 is 30.0 Å². The van der Waals surface area contributed by atoms with Crippen LogP contribution >= 0.6 is 11.8 Å². The number of Topliss-reactive ketones (excluding diaryl/α,β-unsaturated/α-hetero) is 1. The topological polar surface area (TPSA) is 61.2 Å². The van der Waals surface area contributed by atoms with Gasteiger partial charge in [0.2, 0.25) is 0 Å². The lowest BCUT2D eigenvalue weighted by atomic mass is 10.1. The number of ketones is 1. The molecule has 0 aliphatic heterocycles. The van der Waals surface area contributed by atoms with E-state index in [1.54, 1.807) is 16.3 Å². The first-order valence-electron chi connectivity index (χ1n) is 8.06. The third-order valence-corrected chi connectivity index (χ3v) is 4.45. The lowest BCUT2D eigenvalue weighted by Gasteiger charge is -2.09. The summed E-state index contributed by atoms with van der Waals surface area (Å²) in [6.45, 7) is -0.643. The van der Waals surface area contributed by atoms with Crippen LogP contribution < -0.4 is 0 Å². The van der Waals surface area contributed by atoms with Crippen LogP contribution in [0, 0.1) is 11.6 Å². The van der Waals surface area contributed by atoms with Crippen molar-refractivity contribution in [2.24, 2.45) is 0 Å². The molecule has 3 rings (SSSR count). The summed E-state index contributed by atoms with van der Waals surface area (Å²) in [6.07, 6.45) is 1.93. The number of nitrogens with zero attached hydrogens (tertiary/aromatic N) is 2. The van der Waals surface area contributed by atoms with E-state index >= 15 is 0 Å². The van der Waals surface area contributed by atoms with Crippen LogP contribution in [0.2, 0.25) is 0 Å². The summed E-state index contributed by atoms with van der Waals surface area (Å²) in [5.41, 5.74) is 1.51. The van der Waals surface area contributed by atoms with E-state index in [0.717, 1.165) is 35.1 Å². The second-order valence-electron chi connectivity index (χ2n) is 5.75. The Labute approximate surface area is 158 Å². The van der Waals surface area contributed by atoms with Gasteiger partial charge in [-0.15, -0.1) is 0 Å². The predicted molar refractivity (Wildman–Crippen MR) is 98.6 cm³/mol. The van der Waals surface area contributed by atoms with Gasteiger partial charge in [-0.2, -0.15) is 11.8 Å². The molecule has 0 radical (unpaired) electrons. The van der Waals surface area contributed by atoms with Gasteiger partial charge < -0.3 is 9.30 Å². The largest absolute Gasteiger partial charge is 0.456 e. The highest BCUT2D eigenvalue weighted by Gasteiger charge is 2.16. The first-order valence-corrected chi connectivity index (χ1v) is 9.46. The molecule has 0 spiro atoms. The molecule has 140 valence electrons. The zero-order valence-electron chi connectivity index (χ0n) is 14.4. The standard InChI is InChI=1S/C19H16F2N2O3S/c1-27-11-18-22-15-4-2-3-5-16(15)23(18)9-19(25)26-10-17(24)12-6-7-13(20)14(21)8-12/h2-8H,9-11H2,1H3. The van der Waals surface area contributed by atoms with Crippen molar-refractivity contribution >= 4 is 34.5 Å².